The Bertz CT molecular complexity index is 240. The quantitative estimate of drug-likeness (QED) is 0.366. The largest absolute Gasteiger partial charge is 0.328 e. The van der Waals surface area contributed by atoms with Crippen molar-refractivity contribution in [2.24, 2.45) is 0 Å². The van der Waals surface area contributed by atoms with Gasteiger partial charge in [0.15, 0.2) is 0 Å². The summed E-state index contributed by atoms with van der Waals surface area (Å²) in [4.78, 5) is 20.1. The Hall–Kier alpha value is -0.750. The Labute approximate surface area is 64.2 Å². The Balaban J connectivity index is 3.81. The van der Waals surface area contributed by atoms with E-state index in [0.717, 1.165) is 0 Å². The average Bonchev–Trinajstić information content (AvgIpc) is 1.86. The molecule has 0 radical (unpaired) electrons. The minimum absolute atomic E-state index is 0.126. The fourth-order valence-electron chi connectivity index (χ4n) is 0.459. The van der Waals surface area contributed by atoms with Crippen molar-refractivity contribution in [3.05, 3.63) is 0 Å². The number of carbonyl (C=O) groups is 2. The molecule has 0 aliphatic carbocycles. The monoisotopic (exact) mass is 180 g/mol. The molecule has 0 aromatic heterocycles. The van der Waals surface area contributed by atoms with Gasteiger partial charge >= 0.3 is 10.1 Å². The number of hydrogen-bond acceptors (Lipinski definition) is 4. The van der Waals surface area contributed by atoms with Gasteiger partial charge in [0, 0.05) is 12.8 Å². The van der Waals surface area contributed by atoms with Gasteiger partial charge in [-0.1, -0.05) is 0 Å². The second kappa shape index (κ2) is 4.20. The Kier molecular flexibility index (Phi) is 3.91. The molecule has 0 saturated carbocycles. The third-order valence-corrected chi connectivity index (χ3v) is 1.77. The molecule has 0 atom stereocenters. The van der Waals surface area contributed by atoms with Crippen molar-refractivity contribution < 1.29 is 22.6 Å². The van der Waals surface area contributed by atoms with Crippen LogP contribution in [-0.4, -0.2) is 24.4 Å². The highest BCUT2D eigenvalue weighted by molar-refractivity contribution is 8.01. The van der Waals surface area contributed by atoms with Crippen LogP contribution in [0.3, 0.4) is 0 Å². The first-order valence-corrected chi connectivity index (χ1v) is 4.36. The lowest BCUT2D eigenvalue weighted by molar-refractivity contribution is -0.112. The van der Waals surface area contributed by atoms with E-state index in [9.17, 15) is 18.0 Å². The maximum absolute atomic E-state index is 10.4. The molecule has 0 unspecified atom stereocenters. The van der Waals surface area contributed by atoms with Gasteiger partial charge in [-0.3, -0.25) is 9.35 Å². The number of aldehydes is 1. The van der Waals surface area contributed by atoms with Crippen molar-refractivity contribution in [3.63, 3.8) is 0 Å². The summed E-state index contributed by atoms with van der Waals surface area (Å²) in [6.07, 6.45) is 0.554. The Morgan fingerprint density at radius 3 is 2.36 bits per heavy atom. The van der Waals surface area contributed by atoms with E-state index < -0.39 is 15.2 Å². The first-order chi connectivity index (χ1) is 4.98. The van der Waals surface area contributed by atoms with Crippen molar-refractivity contribution in [2.75, 3.05) is 0 Å². The Morgan fingerprint density at radius 2 is 2.00 bits per heavy atom. The van der Waals surface area contributed by atoms with Crippen molar-refractivity contribution in [1.82, 2.24) is 0 Å². The maximum atomic E-state index is 10.4. The van der Waals surface area contributed by atoms with Crippen LogP contribution in [0.2, 0.25) is 0 Å². The summed E-state index contributed by atoms with van der Waals surface area (Å²) in [6.45, 7) is 0. The van der Waals surface area contributed by atoms with Crippen molar-refractivity contribution in [3.8, 4) is 0 Å². The summed E-state index contributed by atoms with van der Waals surface area (Å²) in [5.74, 6) is 0. The van der Waals surface area contributed by atoms with Crippen LogP contribution in [0.25, 0.3) is 0 Å². The molecule has 64 valence electrons. The summed E-state index contributed by atoms with van der Waals surface area (Å²) in [5, 5.41) is -1.24. The van der Waals surface area contributed by atoms with Gasteiger partial charge < -0.3 is 4.79 Å². The summed E-state index contributed by atoms with van der Waals surface area (Å²) >= 11 is 0. The molecule has 0 aliphatic rings. The maximum Gasteiger partial charge on any atom is 0.328 e. The van der Waals surface area contributed by atoms with Crippen LogP contribution in [0.5, 0.6) is 0 Å². The van der Waals surface area contributed by atoms with E-state index in [4.69, 9.17) is 4.55 Å². The van der Waals surface area contributed by atoms with E-state index in [1.165, 1.54) is 0 Å². The minimum atomic E-state index is -4.54. The van der Waals surface area contributed by atoms with Crippen LogP contribution in [-0.2, 0) is 19.7 Å². The topological polar surface area (TPSA) is 88.5 Å². The van der Waals surface area contributed by atoms with Crippen LogP contribution in [0.1, 0.15) is 19.3 Å². The summed E-state index contributed by atoms with van der Waals surface area (Å²) in [5.41, 5.74) is 0. The van der Waals surface area contributed by atoms with E-state index in [2.05, 4.69) is 0 Å². The van der Waals surface area contributed by atoms with Crippen LogP contribution < -0.4 is 0 Å². The van der Waals surface area contributed by atoms with Crippen molar-refractivity contribution in [1.29, 1.82) is 0 Å². The molecule has 0 heterocycles. The summed E-state index contributed by atoms with van der Waals surface area (Å²) in [6, 6.07) is 0. The number of unbranched alkanes of at least 4 members (excludes halogenated alkanes) is 1. The molecule has 5 nitrogen and oxygen atoms in total. The normalized spacial score (nSPS) is 11.0. The van der Waals surface area contributed by atoms with Crippen LogP contribution in [0.4, 0.5) is 0 Å². The first-order valence-electron chi connectivity index (χ1n) is 2.92. The lowest BCUT2D eigenvalue weighted by atomic mass is 10.3. The molecule has 0 rings (SSSR count). The van der Waals surface area contributed by atoms with Crippen LogP contribution in [0.15, 0.2) is 0 Å². The zero-order valence-electron chi connectivity index (χ0n) is 5.69. The van der Waals surface area contributed by atoms with Gasteiger partial charge in [0.2, 0.25) is 0 Å². The lowest BCUT2D eigenvalue weighted by Crippen LogP contribution is -2.12. The van der Waals surface area contributed by atoms with E-state index in [0.29, 0.717) is 6.29 Å². The van der Waals surface area contributed by atoms with Gasteiger partial charge in [0.1, 0.15) is 6.29 Å². The van der Waals surface area contributed by atoms with E-state index >= 15 is 0 Å². The van der Waals surface area contributed by atoms with Gasteiger partial charge in [0.05, 0.1) is 0 Å². The molecular weight excluding hydrogens is 172 g/mol. The first kappa shape index (κ1) is 10.2. The average molecular weight is 180 g/mol. The fourth-order valence-corrected chi connectivity index (χ4v) is 0.861. The van der Waals surface area contributed by atoms with Crippen molar-refractivity contribution >= 4 is 21.5 Å². The van der Waals surface area contributed by atoms with Crippen molar-refractivity contribution in [2.45, 2.75) is 19.3 Å². The molecule has 11 heavy (non-hydrogen) atoms. The molecule has 0 spiro atoms. The van der Waals surface area contributed by atoms with Gasteiger partial charge in [-0.2, -0.15) is 8.42 Å². The Morgan fingerprint density at radius 1 is 1.45 bits per heavy atom. The van der Waals surface area contributed by atoms with Gasteiger partial charge in [-0.05, 0) is 6.42 Å². The highest BCUT2D eigenvalue weighted by Crippen LogP contribution is 1.98. The smallest absolute Gasteiger partial charge is 0.303 e. The minimum Gasteiger partial charge on any atom is -0.303 e. The number of hydrogen-bond donors (Lipinski definition) is 1. The van der Waals surface area contributed by atoms with Gasteiger partial charge in [0.25, 0.3) is 5.12 Å². The fraction of sp³-hybridized carbons (Fsp3) is 0.600. The van der Waals surface area contributed by atoms with Gasteiger partial charge in [-0.25, -0.2) is 0 Å². The van der Waals surface area contributed by atoms with Crippen LogP contribution in [0, 0.1) is 0 Å². The standard InChI is InChI=1S/C5H8O5S/c6-4-2-1-3-5(7)11(8,9)10/h4H,1-3H2,(H,8,9,10). The summed E-state index contributed by atoms with van der Waals surface area (Å²) in [7, 11) is -4.54. The molecule has 0 fully saturated rings. The summed E-state index contributed by atoms with van der Waals surface area (Å²) < 4.78 is 28.2. The molecule has 0 bridgehead atoms. The second-order valence-corrected chi connectivity index (χ2v) is 3.31. The molecule has 0 amide bonds. The molecular formula is C5H8O5S. The molecule has 1 N–H and O–H groups in total. The second-order valence-electron chi connectivity index (χ2n) is 1.91. The number of rotatable bonds is 4. The third kappa shape index (κ3) is 4.63. The predicted molar refractivity (Wildman–Crippen MR) is 36.5 cm³/mol. The molecule has 0 saturated heterocycles. The van der Waals surface area contributed by atoms with E-state index in [1.54, 1.807) is 0 Å². The highest BCUT2D eigenvalue weighted by atomic mass is 32.2. The van der Waals surface area contributed by atoms with Gasteiger partial charge in [-0.15, -0.1) is 0 Å². The molecule has 6 heteroatoms. The van der Waals surface area contributed by atoms with E-state index in [-0.39, 0.29) is 19.3 Å². The third-order valence-electron chi connectivity index (χ3n) is 0.991. The highest BCUT2D eigenvalue weighted by Gasteiger charge is 2.16. The lowest BCUT2D eigenvalue weighted by Gasteiger charge is -1.92. The predicted octanol–water partition coefficient (Wildman–Crippen LogP) is -0.230. The van der Waals surface area contributed by atoms with Crippen LogP contribution >= 0.6 is 0 Å². The SMILES string of the molecule is O=CCCCC(=O)S(=O)(=O)O. The van der Waals surface area contributed by atoms with E-state index in [1.807, 2.05) is 0 Å². The molecule has 0 aliphatic heterocycles. The molecule has 0 aromatic rings. The zero-order valence-corrected chi connectivity index (χ0v) is 6.50. The molecule has 0 aromatic carbocycles. The zero-order chi connectivity index (χ0) is 8.91. The number of carbonyl (C=O) groups excluding carboxylic acids is 2.